The number of nitrogens with one attached hydrogen (secondary N) is 1. The van der Waals surface area contributed by atoms with Crippen LogP contribution in [0.1, 0.15) is 28.8 Å². The summed E-state index contributed by atoms with van der Waals surface area (Å²) in [7, 11) is 0. The van der Waals surface area contributed by atoms with Crippen LogP contribution in [0.4, 0.5) is 5.82 Å². The third kappa shape index (κ3) is 3.79. The Morgan fingerprint density at radius 1 is 1.07 bits per heavy atom. The largest absolute Gasteiger partial charge is 0.394 e. The van der Waals surface area contributed by atoms with Gasteiger partial charge in [-0.3, -0.25) is 9.36 Å². The Morgan fingerprint density at radius 2 is 1.82 bits per heavy atom. The molecule has 0 aliphatic carbocycles. The number of nitrogens with zero attached hydrogens (tertiary/aromatic N) is 4. The third-order valence-corrected chi connectivity index (χ3v) is 7.49. The molecular formula is C30H24N6O4. The number of carbonyl (C=O) groups is 1. The topological polar surface area (TPSA) is 148 Å². The van der Waals surface area contributed by atoms with E-state index in [1.54, 1.807) is 4.57 Å². The smallest absolute Gasteiger partial charge is 0.252 e. The van der Waals surface area contributed by atoms with Crippen LogP contribution in [0, 0.1) is 11.8 Å². The molecule has 1 unspecified atom stereocenters. The van der Waals surface area contributed by atoms with Crippen molar-refractivity contribution in [3.8, 4) is 11.8 Å². The van der Waals surface area contributed by atoms with Gasteiger partial charge in [0.05, 0.1) is 19.3 Å². The van der Waals surface area contributed by atoms with Gasteiger partial charge in [-0.25, -0.2) is 15.0 Å². The third-order valence-electron chi connectivity index (χ3n) is 7.49. The molecule has 0 saturated carbocycles. The highest BCUT2D eigenvalue weighted by atomic mass is 16.5. The standard InChI is InChI=1S/C30H24N6O4/c31-28-27-29(34-15-33-28)36(24-13-21(38)22(14-37)40-24)23(35-27)5-2-12-32-30(39)20-11-9-18-7-6-16-3-1-4-17-8-10-19(20)26(18)25(16)17/h1,3-4,6-11,15,21-22,24,37-38H,12-14H2,(H,32,39)(H2,31,33,34)/t21?,22-,24-/m1/s1. The summed E-state index contributed by atoms with van der Waals surface area (Å²) in [5, 5.41) is 29.1. The minimum Gasteiger partial charge on any atom is -0.394 e. The molecule has 7 rings (SSSR count). The number of nitrogen functional groups attached to an aromatic ring is 1. The summed E-state index contributed by atoms with van der Waals surface area (Å²) in [6, 6.07) is 18.2. The van der Waals surface area contributed by atoms with Crippen molar-refractivity contribution in [2.75, 3.05) is 18.9 Å². The van der Waals surface area contributed by atoms with Gasteiger partial charge in [-0.05, 0) is 44.3 Å². The molecule has 5 N–H and O–H groups in total. The van der Waals surface area contributed by atoms with Gasteiger partial charge in [0.1, 0.15) is 18.7 Å². The number of carbonyl (C=O) groups excluding carboxylic acids is 1. The highest BCUT2D eigenvalue weighted by Gasteiger charge is 2.36. The van der Waals surface area contributed by atoms with Crippen LogP contribution in [0.5, 0.6) is 0 Å². The Hall–Kier alpha value is -4.82. The number of fused-ring (bicyclic) bond motifs is 1. The molecular weight excluding hydrogens is 508 g/mol. The van der Waals surface area contributed by atoms with Crippen LogP contribution < -0.4 is 11.1 Å². The van der Waals surface area contributed by atoms with E-state index >= 15 is 0 Å². The second kappa shape index (κ2) is 9.43. The number of aromatic nitrogens is 4. The molecule has 1 aliphatic rings. The van der Waals surface area contributed by atoms with Gasteiger partial charge in [-0.1, -0.05) is 54.5 Å². The maximum atomic E-state index is 13.3. The lowest BCUT2D eigenvalue weighted by molar-refractivity contribution is -0.0434. The molecule has 6 aromatic rings. The van der Waals surface area contributed by atoms with E-state index in [0.29, 0.717) is 22.6 Å². The molecule has 1 fully saturated rings. The van der Waals surface area contributed by atoms with Crippen LogP contribution in [0.25, 0.3) is 43.5 Å². The number of hydrogen-bond donors (Lipinski definition) is 4. The molecule has 10 nitrogen and oxygen atoms in total. The molecule has 1 aliphatic heterocycles. The first-order valence-corrected chi connectivity index (χ1v) is 12.9. The molecule has 40 heavy (non-hydrogen) atoms. The minimum atomic E-state index is -0.850. The van der Waals surface area contributed by atoms with Crippen molar-refractivity contribution in [2.24, 2.45) is 0 Å². The zero-order valence-electron chi connectivity index (χ0n) is 21.2. The van der Waals surface area contributed by atoms with Crippen molar-refractivity contribution in [3.05, 3.63) is 72.3 Å². The highest BCUT2D eigenvalue weighted by Crippen LogP contribution is 2.36. The number of imidazole rings is 1. The Balaban J connectivity index is 1.18. The first-order chi connectivity index (χ1) is 19.5. The van der Waals surface area contributed by atoms with Gasteiger partial charge in [-0.2, -0.15) is 0 Å². The number of anilines is 1. The molecule has 0 spiro atoms. The average Bonchev–Trinajstić information content (AvgIpc) is 3.54. The fourth-order valence-electron chi connectivity index (χ4n) is 5.60. The van der Waals surface area contributed by atoms with Gasteiger partial charge >= 0.3 is 0 Å². The summed E-state index contributed by atoms with van der Waals surface area (Å²) in [6.45, 7) is -0.254. The lowest BCUT2D eigenvalue weighted by atomic mass is 9.92. The highest BCUT2D eigenvalue weighted by molar-refractivity contribution is 6.26. The van der Waals surface area contributed by atoms with E-state index < -0.39 is 18.4 Å². The molecule has 1 amide bonds. The second-order valence-electron chi connectivity index (χ2n) is 9.80. The number of aliphatic hydroxyl groups excluding tert-OH is 2. The molecule has 1 saturated heterocycles. The number of benzene rings is 4. The number of nitrogens with two attached hydrogens (primary N) is 1. The van der Waals surface area contributed by atoms with Crippen LogP contribution in [-0.4, -0.2) is 61.0 Å². The summed E-state index contributed by atoms with van der Waals surface area (Å²) in [6.07, 6.45) is -0.689. The normalized spacial score (nSPS) is 19.0. The van der Waals surface area contributed by atoms with E-state index in [0.717, 1.165) is 32.3 Å². The molecule has 0 radical (unpaired) electrons. The quantitative estimate of drug-likeness (QED) is 0.200. The molecule has 3 heterocycles. The summed E-state index contributed by atoms with van der Waals surface area (Å²) in [5.74, 6) is 6.19. The van der Waals surface area contributed by atoms with Gasteiger partial charge in [0.25, 0.3) is 5.91 Å². The molecule has 10 heteroatoms. The van der Waals surface area contributed by atoms with Gasteiger partial charge in [0.15, 0.2) is 22.8 Å². The average molecular weight is 533 g/mol. The van der Waals surface area contributed by atoms with Crippen molar-refractivity contribution in [2.45, 2.75) is 24.9 Å². The van der Waals surface area contributed by atoms with E-state index in [2.05, 4.69) is 56.4 Å². The second-order valence-corrected chi connectivity index (χ2v) is 9.80. The number of aliphatic hydroxyl groups is 2. The van der Waals surface area contributed by atoms with E-state index in [1.807, 2.05) is 30.3 Å². The predicted molar refractivity (Wildman–Crippen MR) is 151 cm³/mol. The SMILES string of the molecule is Nc1ncnc2c1nc(C#CCNC(=O)c1ccc3ccc4cccc5ccc1c3c45)n2[C@H]1CC(O)[C@@H](CO)O1. The molecule has 2 aromatic heterocycles. The number of rotatable bonds is 4. The van der Waals surface area contributed by atoms with Crippen molar-refractivity contribution >= 4 is 55.2 Å². The zero-order chi connectivity index (χ0) is 27.4. The Labute approximate surface area is 227 Å². The molecule has 0 bridgehead atoms. The number of hydrogen-bond acceptors (Lipinski definition) is 8. The van der Waals surface area contributed by atoms with Gasteiger partial charge in [0, 0.05) is 12.0 Å². The first-order valence-electron chi connectivity index (χ1n) is 12.9. The molecule has 198 valence electrons. The van der Waals surface area contributed by atoms with Crippen molar-refractivity contribution < 1.29 is 19.7 Å². The fourth-order valence-corrected chi connectivity index (χ4v) is 5.60. The van der Waals surface area contributed by atoms with Crippen LogP contribution in [-0.2, 0) is 4.74 Å². The summed E-state index contributed by atoms with van der Waals surface area (Å²) in [5.41, 5.74) is 7.35. The maximum Gasteiger partial charge on any atom is 0.252 e. The van der Waals surface area contributed by atoms with Crippen LogP contribution in [0.3, 0.4) is 0 Å². The molecule has 3 atom stereocenters. The predicted octanol–water partition coefficient (Wildman–Crippen LogP) is 2.73. The lowest BCUT2D eigenvalue weighted by Crippen LogP contribution is -2.24. The van der Waals surface area contributed by atoms with E-state index in [1.165, 1.54) is 6.33 Å². The maximum absolute atomic E-state index is 13.3. The van der Waals surface area contributed by atoms with Crippen molar-refractivity contribution in [1.29, 1.82) is 0 Å². The van der Waals surface area contributed by atoms with Crippen molar-refractivity contribution in [1.82, 2.24) is 24.8 Å². The summed E-state index contributed by atoms with van der Waals surface area (Å²) >= 11 is 0. The summed E-state index contributed by atoms with van der Waals surface area (Å²) < 4.78 is 7.47. The van der Waals surface area contributed by atoms with E-state index in [4.69, 9.17) is 10.5 Å². The van der Waals surface area contributed by atoms with E-state index in [9.17, 15) is 15.0 Å². The Bertz CT molecular complexity index is 1980. The van der Waals surface area contributed by atoms with Crippen LogP contribution >= 0.6 is 0 Å². The first kappa shape index (κ1) is 24.2. The monoisotopic (exact) mass is 532 g/mol. The van der Waals surface area contributed by atoms with E-state index in [-0.39, 0.29) is 31.3 Å². The molecule has 4 aromatic carbocycles. The Kier molecular flexibility index (Phi) is 5.71. The summed E-state index contributed by atoms with van der Waals surface area (Å²) in [4.78, 5) is 26.1. The van der Waals surface area contributed by atoms with Crippen LogP contribution in [0.2, 0.25) is 0 Å². The number of ether oxygens (including phenoxy) is 1. The lowest BCUT2D eigenvalue weighted by Gasteiger charge is -2.14. The van der Waals surface area contributed by atoms with Gasteiger partial charge in [-0.15, -0.1) is 0 Å². The van der Waals surface area contributed by atoms with Crippen molar-refractivity contribution in [3.63, 3.8) is 0 Å². The van der Waals surface area contributed by atoms with Gasteiger partial charge < -0.3 is 26.0 Å². The van der Waals surface area contributed by atoms with Crippen LogP contribution in [0.15, 0.2) is 60.9 Å². The zero-order valence-corrected chi connectivity index (χ0v) is 21.2. The minimum absolute atomic E-state index is 0.0680. The fraction of sp³-hybridized carbons (Fsp3) is 0.200. The van der Waals surface area contributed by atoms with Gasteiger partial charge in [0.2, 0.25) is 0 Å². The Morgan fingerprint density at radius 3 is 2.60 bits per heavy atom. The number of amides is 1.